The number of carbonyl (C=O) groups is 2. The molecule has 3 rings (SSSR count). The van der Waals surface area contributed by atoms with Crippen LogP contribution in [-0.4, -0.2) is 30.3 Å². The summed E-state index contributed by atoms with van der Waals surface area (Å²) in [6.07, 6.45) is 1.30. The summed E-state index contributed by atoms with van der Waals surface area (Å²) < 4.78 is 31.0. The Morgan fingerprint density at radius 3 is 2.03 bits per heavy atom. The molecule has 0 bridgehead atoms. The smallest absolute Gasteiger partial charge is 0.306 e. The molecule has 0 atom stereocenters. The van der Waals surface area contributed by atoms with Gasteiger partial charge in [0.15, 0.2) is 0 Å². The third kappa shape index (κ3) is 8.32. The number of ether oxygens (including phenoxy) is 3. The van der Waals surface area contributed by atoms with E-state index in [1.165, 1.54) is 6.07 Å². The number of aromatic hydroxyl groups is 1. The molecule has 0 saturated heterocycles. The molecule has 0 unspecified atom stereocenters. The molecule has 0 aliphatic rings. The second kappa shape index (κ2) is 13.8. The van der Waals surface area contributed by atoms with Crippen molar-refractivity contribution < 1.29 is 33.3 Å². The fraction of sp³-hybridized carbons (Fsp3) is 0.310. The largest absolute Gasteiger partial charge is 0.507 e. The van der Waals surface area contributed by atoms with Crippen LogP contribution in [0.4, 0.5) is 4.39 Å². The Morgan fingerprint density at radius 2 is 1.43 bits per heavy atom. The van der Waals surface area contributed by atoms with Gasteiger partial charge in [-0.1, -0.05) is 34.1 Å². The first kappa shape index (κ1) is 28.2. The third-order valence-electron chi connectivity index (χ3n) is 5.64. The first-order valence-electron chi connectivity index (χ1n) is 12.1. The lowest BCUT2D eigenvalue weighted by Gasteiger charge is -2.16. The molecule has 0 heterocycles. The van der Waals surface area contributed by atoms with E-state index in [-0.39, 0.29) is 37.1 Å². The van der Waals surface area contributed by atoms with E-state index in [9.17, 15) is 19.1 Å². The lowest BCUT2D eigenvalue weighted by Crippen LogP contribution is -2.06. The number of hydrogen-bond acceptors (Lipinski definition) is 6. The highest BCUT2D eigenvalue weighted by molar-refractivity contribution is 9.10. The van der Waals surface area contributed by atoms with Crippen molar-refractivity contribution in [1.29, 1.82) is 0 Å². The fourth-order valence-electron chi connectivity index (χ4n) is 3.78. The van der Waals surface area contributed by atoms with Crippen LogP contribution in [-0.2, 0) is 38.5 Å². The monoisotopic (exact) mass is 572 g/mol. The summed E-state index contributed by atoms with van der Waals surface area (Å²) in [6.45, 7) is 4.13. The van der Waals surface area contributed by atoms with E-state index in [1.807, 2.05) is 12.1 Å². The van der Waals surface area contributed by atoms with Crippen LogP contribution in [0, 0.1) is 5.82 Å². The Bertz CT molecular complexity index is 1240. The average Bonchev–Trinajstić information content (AvgIpc) is 2.87. The number of benzene rings is 3. The van der Waals surface area contributed by atoms with Crippen molar-refractivity contribution >= 4 is 27.9 Å². The van der Waals surface area contributed by atoms with Gasteiger partial charge in [-0.25, -0.2) is 4.39 Å². The number of hydrogen-bond donors (Lipinski definition) is 1. The molecule has 0 fully saturated rings. The summed E-state index contributed by atoms with van der Waals surface area (Å²) in [6, 6.07) is 15.3. The molecule has 3 aromatic rings. The van der Waals surface area contributed by atoms with Gasteiger partial charge in [-0.05, 0) is 74.2 Å². The van der Waals surface area contributed by atoms with Crippen molar-refractivity contribution in [2.75, 3.05) is 13.2 Å². The number of halogens is 2. The number of phenolic OH excluding ortho intramolecular Hbond substituents is 1. The maximum Gasteiger partial charge on any atom is 0.306 e. The summed E-state index contributed by atoms with van der Waals surface area (Å²) in [5.74, 6) is -0.509. The molecule has 0 spiro atoms. The first-order chi connectivity index (χ1) is 17.8. The zero-order valence-corrected chi connectivity index (χ0v) is 22.5. The zero-order chi connectivity index (χ0) is 26.8. The van der Waals surface area contributed by atoms with Gasteiger partial charge in [0.05, 0.1) is 13.2 Å². The van der Waals surface area contributed by atoms with Crippen LogP contribution in [0.3, 0.4) is 0 Å². The van der Waals surface area contributed by atoms with E-state index in [0.717, 1.165) is 11.1 Å². The molecule has 0 aliphatic heterocycles. The van der Waals surface area contributed by atoms with Crippen LogP contribution < -0.4 is 4.74 Å². The second-order valence-corrected chi connectivity index (χ2v) is 9.23. The Labute approximate surface area is 224 Å². The SMILES string of the molecule is CCOC(=O)CCc1ccc(O)c(-c2cc(CCC(=O)OCC)ccc2OCc2ccc(Br)cc2F)c1. The van der Waals surface area contributed by atoms with Crippen LogP contribution in [0.5, 0.6) is 11.5 Å². The predicted molar refractivity (Wildman–Crippen MR) is 142 cm³/mol. The van der Waals surface area contributed by atoms with Gasteiger partial charge < -0.3 is 19.3 Å². The van der Waals surface area contributed by atoms with Gasteiger partial charge in [-0.3, -0.25) is 9.59 Å². The van der Waals surface area contributed by atoms with Crippen LogP contribution in [0.2, 0.25) is 0 Å². The maximum absolute atomic E-state index is 14.4. The number of aryl methyl sites for hydroxylation is 2. The van der Waals surface area contributed by atoms with Crippen LogP contribution in [0.15, 0.2) is 59.1 Å². The zero-order valence-electron chi connectivity index (χ0n) is 20.9. The molecule has 0 saturated carbocycles. The molecule has 0 radical (unpaired) electrons. The molecule has 0 amide bonds. The van der Waals surface area contributed by atoms with Crippen molar-refractivity contribution in [3.05, 3.63) is 81.6 Å². The average molecular weight is 573 g/mol. The second-order valence-electron chi connectivity index (χ2n) is 8.32. The van der Waals surface area contributed by atoms with Crippen molar-refractivity contribution in [2.45, 2.75) is 46.1 Å². The molecule has 0 aliphatic carbocycles. The van der Waals surface area contributed by atoms with Gasteiger partial charge in [-0.2, -0.15) is 0 Å². The molecule has 8 heteroatoms. The van der Waals surface area contributed by atoms with Crippen molar-refractivity contribution in [3.8, 4) is 22.6 Å². The highest BCUT2D eigenvalue weighted by Gasteiger charge is 2.15. The predicted octanol–water partition coefficient (Wildman–Crippen LogP) is 6.53. The van der Waals surface area contributed by atoms with Crippen LogP contribution in [0.1, 0.15) is 43.4 Å². The lowest BCUT2D eigenvalue weighted by molar-refractivity contribution is -0.144. The van der Waals surface area contributed by atoms with Gasteiger partial charge in [0, 0.05) is 34.0 Å². The summed E-state index contributed by atoms with van der Waals surface area (Å²) >= 11 is 3.25. The van der Waals surface area contributed by atoms with Gasteiger partial charge in [0.25, 0.3) is 0 Å². The number of carbonyl (C=O) groups excluding carboxylic acids is 2. The summed E-state index contributed by atoms with van der Waals surface area (Å²) in [5.41, 5.74) is 3.16. The van der Waals surface area contributed by atoms with Gasteiger partial charge in [0.1, 0.15) is 23.9 Å². The minimum absolute atomic E-state index is 0.0163. The Hall–Kier alpha value is -3.39. The summed E-state index contributed by atoms with van der Waals surface area (Å²) in [7, 11) is 0. The van der Waals surface area contributed by atoms with Gasteiger partial charge >= 0.3 is 11.9 Å². The van der Waals surface area contributed by atoms with E-state index < -0.39 is 5.82 Å². The standard InChI is InChI=1S/C29H30BrFO6/c1-3-35-28(33)13-7-19-5-11-26(32)23(15-19)24-16-20(8-14-29(34)36-4-2)6-12-27(24)37-18-21-9-10-22(30)17-25(21)31/h5-6,9-12,15-17,32H,3-4,7-8,13-14,18H2,1-2H3. The lowest BCUT2D eigenvalue weighted by atomic mass is 9.96. The van der Waals surface area contributed by atoms with Gasteiger partial charge in [0.2, 0.25) is 0 Å². The highest BCUT2D eigenvalue weighted by atomic mass is 79.9. The minimum Gasteiger partial charge on any atom is -0.507 e. The third-order valence-corrected chi connectivity index (χ3v) is 6.13. The van der Waals surface area contributed by atoms with E-state index >= 15 is 0 Å². The molecule has 37 heavy (non-hydrogen) atoms. The number of rotatable bonds is 12. The summed E-state index contributed by atoms with van der Waals surface area (Å²) in [5, 5.41) is 10.7. The number of phenols is 1. The molecule has 3 aromatic carbocycles. The Morgan fingerprint density at radius 1 is 0.838 bits per heavy atom. The molecule has 196 valence electrons. The van der Waals surface area contributed by atoms with E-state index in [2.05, 4.69) is 15.9 Å². The maximum atomic E-state index is 14.4. The molecular weight excluding hydrogens is 543 g/mol. The summed E-state index contributed by atoms with van der Waals surface area (Å²) in [4.78, 5) is 23.7. The van der Waals surface area contributed by atoms with E-state index in [0.29, 0.717) is 53.0 Å². The van der Waals surface area contributed by atoms with Crippen molar-refractivity contribution in [3.63, 3.8) is 0 Å². The van der Waals surface area contributed by atoms with Crippen molar-refractivity contribution in [2.24, 2.45) is 0 Å². The Balaban J connectivity index is 1.92. The molecule has 6 nitrogen and oxygen atoms in total. The fourth-order valence-corrected chi connectivity index (χ4v) is 4.11. The molecule has 0 aromatic heterocycles. The van der Waals surface area contributed by atoms with Crippen LogP contribution >= 0.6 is 15.9 Å². The minimum atomic E-state index is -0.397. The highest BCUT2D eigenvalue weighted by Crippen LogP contribution is 2.38. The Kier molecular flexibility index (Phi) is 10.5. The van der Waals surface area contributed by atoms with E-state index in [4.69, 9.17) is 14.2 Å². The topological polar surface area (TPSA) is 82.1 Å². The molecule has 1 N–H and O–H groups in total. The van der Waals surface area contributed by atoms with E-state index in [1.54, 1.807) is 50.2 Å². The van der Waals surface area contributed by atoms with Crippen LogP contribution in [0.25, 0.3) is 11.1 Å². The van der Waals surface area contributed by atoms with Gasteiger partial charge in [-0.15, -0.1) is 0 Å². The normalized spacial score (nSPS) is 10.7. The van der Waals surface area contributed by atoms with Crippen molar-refractivity contribution in [1.82, 2.24) is 0 Å². The molecular formula is C29H30BrFO6. The quantitative estimate of drug-likeness (QED) is 0.248. The number of esters is 2. The first-order valence-corrected chi connectivity index (χ1v) is 12.9.